The lowest BCUT2D eigenvalue weighted by Gasteiger charge is -2.09. The molecule has 2 aromatic rings. The van der Waals surface area contributed by atoms with Crippen molar-refractivity contribution in [2.75, 3.05) is 5.43 Å². The second kappa shape index (κ2) is 5.15. The van der Waals surface area contributed by atoms with Gasteiger partial charge in [-0.05, 0) is 42.2 Å². The molecular formula is C14H19N3. The summed E-state index contributed by atoms with van der Waals surface area (Å²) in [4.78, 5) is 4.55. The second-order valence-corrected chi connectivity index (χ2v) is 4.27. The number of hydrazine groups is 1. The van der Waals surface area contributed by atoms with Crippen molar-refractivity contribution in [1.82, 2.24) is 4.98 Å². The van der Waals surface area contributed by atoms with Crippen LogP contribution in [0, 0.1) is 0 Å². The van der Waals surface area contributed by atoms with Gasteiger partial charge in [-0.3, -0.25) is 0 Å². The number of anilines is 1. The van der Waals surface area contributed by atoms with Crippen LogP contribution in [-0.4, -0.2) is 4.98 Å². The fraction of sp³-hybridized carbons (Fsp3) is 0.357. The summed E-state index contributed by atoms with van der Waals surface area (Å²) in [5.74, 6) is 6.31. The molecule has 2 rings (SSSR count). The first-order chi connectivity index (χ1) is 8.28. The third-order valence-corrected chi connectivity index (χ3v) is 3.02. The smallest absolute Gasteiger partial charge is 0.143 e. The Morgan fingerprint density at radius 3 is 2.71 bits per heavy atom. The zero-order valence-electron chi connectivity index (χ0n) is 10.5. The van der Waals surface area contributed by atoms with Crippen molar-refractivity contribution in [2.24, 2.45) is 5.84 Å². The maximum Gasteiger partial charge on any atom is 0.143 e. The highest BCUT2D eigenvalue weighted by Crippen LogP contribution is 2.22. The van der Waals surface area contributed by atoms with Gasteiger partial charge in [0.2, 0.25) is 0 Å². The molecule has 0 aliphatic rings. The molecule has 0 atom stereocenters. The van der Waals surface area contributed by atoms with Gasteiger partial charge < -0.3 is 5.43 Å². The molecular weight excluding hydrogens is 210 g/mol. The van der Waals surface area contributed by atoms with Crippen molar-refractivity contribution >= 4 is 16.7 Å². The van der Waals surface area contributed by atoms with Gasteiger partial charge in [0, 0.05) is 5.39 Å². The predicted molar refractivity (Wildman–Crippen MR) is 72.9 cm³/mol. The number of pyridine rings is 1. The van der Waals surface area contributed by atoms with Gasteiger partial charge in [0.25, 0.3) is 0 Å². The van der Waals surface area contributed by atoms with Crippen LogP contribution in [0.1, 0.15) is 31.4 Å². The van der Waals surface area contributed by atoms with Gasteiger partial charge in [-0.25, -0.2) is 10.8 Å². The normalized spacial score (nSPS) is 10.8. The average molecular weight is 229 g/mol. The molecule has 0 aliphatic carbocycles. The van der Waals surface area contributed by atoms with E-state index in [1.54, 1.807) is 0 Å². The lowest BCUT2D eigenvalue weighted by atomic mass is 10.0. The Balaban J connectivity index is 2.57. The van der Waals surface area contributed by atoms with E-state index in [1.807, 2.05) is 0 Å². The van der Waals surface area contributed by atoms with Crippen molar-refractivity contribution in [3.8, 4) is 0 Å². The summed E-state index contributed by atoms with van der Waals surface area (Å²) in [6, 6.07) is 8.59. The van der Waals surface area contributed by atoms with Crippen LogP contribution >= 0.6 is 0 Å². The minimum Gasteiger partial charge on any atom is -0.308 e. The summed E-state index contributed by atoms with van der Waals surface area (Å²) in [5.41, 5.74) is 6.22. The standard InChI is InChI=1S/C14H19N3/c1-3-5-11-9-12-8-10(4-2)6-7-13(12)16-14(11)17-15/h6-9H,3-5,15H2,1-2H3,(H,16,17). The second-order valence-electron chi connectivity index (χ2n) is 4.27. The number of benzene rings is 1. The number of nitrogen functional groups attached to an aromatic ring is 1. The Bertz CT molecular complexity index is 520. The zero-order chi connectivity index (χ0) is 12.3. The summed E-state index contributed by atoms with van der Waals surface area (Å²) in [6.07, 6.45) is 3.14. The maximum absolute atomic E-state index is 5.52. The SMILES string of the molecule is CCCc1cc2cc(CC)ccc2nc1NN. The lowest BCUT2D eigenvalue weighted by Crippen LogP contribution is -2.11. The minimum absolute atomic E-state index is 0.795. The van der Waals surface area contributed by atoms with Gasteiger partial charge in [0.1, 0.15) is 5.82 Å². The van der Waals surface area contributed by atoms with Crippen LogP contribution in [0.3, 0.4) is 0 Å². The van der Waals surface area contributed by atoms with Crippen molar-refractivity contribution < 1.29 is 0 Å². The van der Waals surface area contributed by atoms with Crippen LogP contribution in [0.15, 0.2) is 24.3 Å². The Labute approximate surface area is 102 Å². The Morgan fingerprint density at radius 1 is 1.24 bits per heavy atom. The van der Waals surface area contributed by atoms with E-state index in [9.17, 15) is 0 Å². The first-order valence-corrected chi connectivity index (χ1v) is 6.17. The van der Waals surface area contributed by atoms with Crippen LogP contribution in [0.4, 0.5) is 5.82 Å². The molecule has 0 bridgehead atoms. The highest BCUT2D eigenvalue weighted by molar-refractivity contribution is 5.82. The Morgan fingerprint density at radius 2 is 2.06 bits per heavy atom. The van der Waals surface area contributed by atoms with E-state index in [0.29, 0.717) is 0 Å². The molecule has 3 N–H and O–H groups in total. The van der Waals surface area contributed by atoms with E-state index in [0.717, 1.165) is 30.6 Å². The minimum atomic E-state index is 0.795. The third kappa shape index (κ3) is 2.39. The lowest BCUT2D eigenvalue weighted by molar-refractivity contribution is 0.917. The summed E-state index contributed by atoms with van der Waals surface area (Å²) >= 11 is 0. The molecule has 0 unspecified atom stereocenters. The monoisotopic (exact) mass is 229 g/mol. The number of aromatic nitrogens is 1. The van der Waals surface area contributed by atoms with Crippen LogP contribution in [0.25, 0.3) is 10.9 Å². The van der Waals surface area contributed by atoms with Gasteiger partial charge >= 0.3 is 0 Å². The van der Waals surface area contributed by atoms with E-state index in [2.05, 4.69) is 48.5 Å². The number of nitrogens with two attached hydrogens (primary N) is 1. The van der Waals surface area contributed by atoms with Crippen LogP contribution in [-0.2, 0) is 12.8 Å². The molecule has 0 fully saturated rings. The van der Waals surface area contributed by atoms with Gasteiger partial charge in [-0.1, -0.05) is 26.3 Å². The van der Waals surface area contributed by atoms with Crippen LogP contribution in [0.5, 0.6) is 0 Å². The molecule has 0 saturated carbocycles. The number of rotatable bonds is 4. The van der Waals surface area contributed by atoms with Gasteiger partial charge in [0.15, 0.2) is 0 Å². The zero-order valence-corrected chi connectivity index (χ0v) is 10.5. The number of aryl methyl sites for hydroxylation is 2. The van der Waals surface area contributed by atoms with E-state index in [-0.39, 0.29) is 0 Å². The molecule has 17 heavy (non-hydrogen) atoms. The average Bonchev–Trinajstić information content (AvgIpc) is 2.37. The van der Waals surface area contributed by atoms with Gasteiger partial charge in [-0.15, -0.1) is 0 Å². The summed E-state index contributed by atoms with van der Waals surface area (Å²) in [7, 11) is 0. The molecule has 1 heterocycles. The fourth-order valence-corrected chi connectivity index (χ4v) is 2.07. The molecule has 0 radical (unpaired) electrons. The highest BCUT2D eigenvalue weighted by atomic mass is 15.2. The fourth-order valence-electron chi connectivity index (χ4n) is 2.07. The number of nitrogens with one attached hydrogen (secondary N) is 1. The molecule has 0 aliphatic heterocycles. The molecule has 90 valence electrons. The van der Waals surface area contributed by atoms with Crippen molar-refractivity contribution in [3.05, 3.63) is 35.4 Å². The molecule has 1 aromatic heterocycles. The molecule has 3 nitrogen and oxygen atoms in total. The number of hydrogen-bond acceptors (Lipinski definition) is 3. The number of fused-ring (bicyclic) bond motifs is 1. The number of nitrogens with zero attached hydrogens (tertiary/aromatic N) is 1. The van der Waals surface area contributed by atoms with Crippen molar-refractivity contribution in [2.45, 2.75) is 33.1 Å². The van der Waals surface area contributed by atoms with Crippen molar-refractivity contribution in [3.63, 3.8) is 0 Å². The van der Waals surface area contributed by atoms with E-state index >= 15 is 0 Å². The highest BCUT2D eigenvalue weighted by Gasteiger charge is 2.05. The summed E-state index contributed by atoms with van der Waals surface area (Å²) in [5, 5.41) is 1.20. The first kappa shape index (κ1) is 11.9. The molecule has 0 spiro atoms. The van der Waals surface area contributed by atoms with Crippen LogP contribution in [0.2, 0.25) is 0 Å². The molecule has 3 heteroatoms. The molecule has 0 amide bonds. The number of hydrogen-bond donors (Lipinski definition) is 2. The quantitative estimate of drug-likeness (QED) is 0.626. The van der Waals surface area contributed by atoms with Gasteiger partial charge in [0.05, 0.1) is 5.52 Å². The van der Waals surface area contributed by atoms with Crippen LogP contribution < -0.4 is 11.3 Å². The Kier molecular flexibility index (Phi) is 3.59. The van der Waals surface area contributed by atoms with Crippen molar-refractivity contribution in [1.29, 1.82) is 0 Å². The summed E-state index contributed by atoms with van der Waals surface area (Å²) < 4.78 is 0. The molecule has 0 saturated heterocycles. The third-order valence-electron chi connectivity index (χ3n) is 3.02. The van der Waals surface area contributed by atoms with E-state index in [4.69, 9.17) is 5.84 Å². The van der Waals surface area contributed by atoms with E-state index < -0.39 is 0 Å². The topological polar surface area (TPSA) is 50.9 Å². The first-order valence-electron chi connectivity index (χ1n) is 6.17. The Hall–Kier alpha value is -1.61. The summed E-state index contributed by atoms with van der Waals surface area (Å²) in [6.45, 7) is 4.32. The van der Waals surface area contributed by atoms with Gasteiger partial charge in [-0.2, -0.15) is 0 Å². The van der Waals surface area contributed by atoms with E-state index in [1.165, 1.54) is 16.5 Å². The predicted octanol–water partition coefficient (Wildman–Crippen LogP) is 3.04. The maximum atomic E-state index is 5.52. The largest absolute Gasteiger partial charge is 0.308 e. The molecule has 1 aromatic carbocycles.